The van der Waals surface area contributed by atoms with Gasteiger partial charge >= 0.3 is 0 Å². The average molecular weight is 361 g/mol. The van der Waals surface area contributed by atoms with Crippen molar-refractivity contribution in [2.24, 2.45) is 0 Å². The molecule has 1 N–H and O–H groups in total. The zero-order chi connectivity index (χ0) is 18.0. The summed E-state index contributed by atoms with van der Waals surface area (Å²) in [5.74, 6) is 0.375. The van der Waals surface area contributed by atoms with E-state index in [2.05, 4.69) is 10.3 Å². The van der Waals surface area contributed by atoms with Crippen molar-refractivity contribution in [3.63, 3.8) is 0 Å². The van der Waals surface area contributed by atoms with Crippen LogP contribution in [-0.2, 0) is 23.0 Å². The number of hydrogen-bond acceptors (Lipinski definition) is 5. The van der Waals surface area contributed by atoms with E-state index in [9.17, 15) is 13.2 Å². The van der Waals surface area contributed by atoms with Gasteiger partial charge in [-0.2, -0.15) is 4.31 Å². The summed E-state index contributed by atoms with van der Waals surface area (Å²) in [7, 11) is -1.71. The minimum atomic E-state index is -3.27. The third-order valence-corrected chi connectivity index (χ3v) is 5.40. The maximum atomic E-state index is 12.6. The van der Waals surface area contributed by atoms with Crippen molar-refractivity contribution in [1.82, 2.24) is 9.29 Å². The summed E-state index contributed by atoms with van der Waals surface area (Å²) in [5.41, 5.74) is 2.69. The predicted molar refractivity (Wildman–Crippen MR) is 94.1 cm³/mol. The fourth-order valence-electron chi connectivity index (χ4n) is 2.85. The number of anilines is 1. The molecule has 0 saturated carbocycles. The highest BCUT2D eigenvalue weighted by Crippen LogP contribution is 2.24. The Morgan fingerprint density at radius 3 is 2.84 bits per heavy atom. The molecule has 0 atom stereocenters. The average Bonchev–Trinajstić information content (AvgIpc) is 2.60. The number of amides is 1. The first-order chi connectivity index (χ1) is 11.9. The van der Waals surface area contributed by atoms with E-state index in [0.29, 0.717) is 30.0 Å². The first-order valence-electron chi connectivity index (χ1n) is 7.75. The van der Waals surface area contributed by atoms with Crippen LogP contribution in [0.25, 0.3) is 0 Å². The summed E-state index contributed by atoms with van der Waals surface area (Å²) >= 11 is 0. The molecule has 1 aromatic heterocycles. The van der Waals surface area contributed by atoms with Gasteiger partial charge in [-0.3, -0.25) is 9.78 Å². The Morgan fingerprint density at radius 2 is 2.12 bits per heavy atom. The number of carbonyl (C=O) groups excluding carboxylic acids is 1. The van der Waals surface area contributed by atoms with Crippen LogP contribution in [0.2, 0.25) is 0 Å². The fraction of sp³-hybridized carbons (Fsp3) is 0.294. The number of pyridine rings is 1. The number of sulfonamides is 1. The van der Waals surface area contributed by atoms with E-state index in [4.69, 9.17) is 4.74 Å². The molecule has 2 heterocycles. The van der Waals surface area contributed by atoms with Crippen LogP contribution in [0.1, 0.15) is 21.5 Å². The third kappa shape index (κ3) is 3.80. The standard InChI is InChI=1S/C17H19N3O4S/c1-24-14-5-3-4-13(8-14)19-17(21)16-10-18-9-12-11-20(25(2,22)23)7-6-15(12)16/h3-5,8-10H,6-7,11H2,1-2H3,(H,19,21). The van der Waals surface area contributed by atoms with E-state index in [1.807, 2.05) is 0 Å². The molecule has 0 fully saturated rings. The smallest absolute Gasteiger partial charge is 0.257 e. The zero-order valence-electron chi connectivity index (χ0n) is 14.0. The highest BCUT2D eigenvalue weighted by Gasteiger charge is 2.26. The molecular formula is C17H19N3O4S. The second kappa shape index (κ2) is 6.81. The molecule has 0 saturated heterocycles. The van der Waals surface area contributed by atoms with Gasteiger partial charge in [0.25, 0.3) is 5.91 Å². The lowest BCUT2D eigenvalue weighted by Crippen LogP contribution is -2.36. The van der Waals surface area contributed by atoms with Crippen molar-refractivity contribution >= 4 is 21.6 Å². The SMILES string of the molecule is COc1cccc(NC(=O)c2cncc3c2CCN(S(C)(=O)=O)C3)c1. The van der Waals surface area contributed by atoms with E-state index in [1.165, 1.54) is 16.8 Å². The minimum Gasteiger partial charge on any atom is -0.497 e. The Morgan fingerprint density at radius 1 is 1.32 bits per heavy atom. The van der Waals surface area contributed by atoms with Crippen molar-refractivity contribution < 1.29 is 17.9 Å². The lowest BCUT2D eigenvalue weighted by Gasteiger charge is -2.27. The van der Waals surface area contributed by atoms with Crippen LogP contribution in [0.3, 0.4) is 0 Å². The molecule has 132 valence electrons. The third-order valence-electron chi connectivity index (χ3n) is 4.15. The van der Waals surface area contributed by atoms with E-state index >= 15 is 0 Å². The number of benzene rings is 1. The number of fused-ring (bicyclic) bond motifs is 1. The molecule has 2 aromatic rings. The summed E-state index contributed by atoms with van der Waals surface area (Å²) in [5, 5.41) is 2.83. The number of methoxy groups -OCH3 is 1. The van der Waals surface area contributed by atoms with Gasteiger partial charge in [-0.25, -0.2) is 8.42 Å². The number of nitrogens with one attached hydrogen (secondary N) is 1. The van der Waals surface area contributed by atoms with Crippen LogP contribution in [0.4, 0.5) is 5.69 Å². The summed E-state index contributed by atoms with van der Waals surface area (Å²) in [6.45, 7) is 0.594. The zero-order valence-corrected chi connectivity index (χ0v) is 14.8. The van der Waals surface area contributed by atoms with Crippen LogP contribution >= 0.6 is 0 Å². The van der Waals surface area contributed by atoms with Crippen LogP contribution < -0.4 is 10.1 Å². The Kier molecular flexibility index (Phi) is 4.73. The van der Waals surface area contributed by atoms with Gasteiger partial charge < -0.3 is 10.1 Å². The molecule has 0 bridgehead atoms. The summed E-state index contributed by atoms with van der Waals surface area (Å²) in [6.07, 6.45) is 4.80. The first-order valence-corrected chi connectivity index (χ1v) is 9.59. The van der Waals surface area contributed by atoms with E-state index < -0.39 is 10.0 Å². The molecule has 0 aliphatic carbocycles. The molecule has 1 aromatic carbocycles. The van der Waals surface area contributed by atoms with Gasteiger partial charge in [0.15, 0.2) is 0 Å². The Balaban J connectivity index is 1.85. The van der Waals surface area contributed by atoms with E-state index in [0.717, 1.165) is 11.1 Å². The molecule has 1 aliphatic rings. The first kappa shape index (κ1) is 17.4. The number of nitrogens with zero attached hydrogens (tertiary/aromatic N) is 2. The lowest BCUT2D eigenvalue weighted by atomic mass is 9.98. The maximum absolute atomic E-state index is 12.6. The fourth-order valence-corrected chi connectivity index (χ4v) is 3.64. The monoisotopic (exact) mass is 361 g/mol. The molecule has 1 aliphatic heterocycles. The molecule has 3 rings (SSSR count). The second-order valence-corrected chi connectivity index (χ2v) is 7.84. The van der Waals surface area contributed by atoms with Crippen molar-refractivity contribution in [1.29, 1.82) is 0 Å². The van der Waals surface area contributed by atoms with Crippen LogP contribution in [0, 0.1) is 0 Å². The Bertz CT molecular complexity index is 912. The molecule has 0 radical (unpaired) electrons. The largest absolute Gasteiger partial charge is 0.497 e. The van der Waals surface area contributed by atoms with Crippen LogP contribution in [-0.4, -0.2) is 43.5 Å². The number of carbonyl (C=O) groups is 1. The number of aromatic nitrogens is 1. The highest BCUT2D eigenvalue weighted by molar-refractivity contribution is 7.88. The topological polar surface area (TPSA) is 88.6 Å². The van der Waals surface area contributed by atoms with Gasteiger partial charge in [-0.05, 0) is 29.7 Å². The van der Waals surface area contributed by atoms with Gasteiger partial charge in [0, 0.05) is 37.2 Å². The number of rotatable bonds is 4. The molecule has 25 heavy (non-hydrogen) atoms. The van der Waals surface area contributed by atoms with Crippen molar-refractivity contribution in [3.05, 3.63) is 53.3 Å². The van der Waals surface area contributed by atoms with Crippen molar-refractivity contribution in [2.75, 3.05) is 25.2 Å². The molecule has 7 nitrogen and oxygen atoms in total. The number of ether oxygens (including phenoxy) is 1. The summed E-state index contributed by atoms with van der Waals surface area (Å²) in [6, 6.07) is 7.08. The summed E-state index contributed by atoms with van der Waals surface area (Å²) < 4.78 is 30.0. The van der Waals surface area contributed by atoms with Gasteiger partial charge in [0.1, 0.15) is 5.75 Å². The van der Waals surface area contributed by atoms with Gasteiger partial charge in [-0.15, -0.1) is 0 Å². The normalized spacial score (nSPS) is 14.6. The van der Waals surface area contributed by atoms with Crippen molar-refractivity contribution in [2.45, 2.75) is 13.0 Å². The molecule has 1 amide bonds. The van der Waals surface area contributed by atoms with Gasteiger partial charge in [-0.1, -0.05) is 6.07 Å². The molecular weight excluding hydrogens is 342 g/mol. The van der Waals surface area contributed by atoms with Crippen LogP contribution in [0.5, 0.6) is 5.75 Å². The molecule has 0 unspecified atom stereocenters. The number of hydrogen-bond donors (Lipinski definition) is 1. The molecule has 0 spiro atoms. The van der Waals surface area contributed by atoms with Gasteiger partial charge in [0.05, 0.1) is 18.9 Å². The lowest BCUT2D eigenvalue weighted by molar-refractivity contribution is 0.102. The molecule has 8 heteroatoms. The maximum Gasteiger partial charge on any atom is 0.257 e. The van der Waals surface area contributed by atoms with Crippen LogP contribution in [0.15, 0.2) is 36.7 Å². The van der Waals surface area contributed by atoms with Gasteiger partial charge in [0.2, 0.25) is 10.0 Å². The Hall–Kier alpha value is -2.45. The quantitative estimate of drug-likeness (QED) is 0.895. The van der Waals surface area contributed by atoms with E-state index in [-0.39, 0.29) is 12.5 Å². The highest BCUT2D eigenvalue weighted by atomic mass is 32.2. The predicted octanol–water partition coefficient (Wildman–Crippen LogP) is 1.66. The summed E-state index contributed by atoms with van der Waals surface area (Å²) in [4.78, 5) is 16.7. The Labute approximate surface area is 146 Å². The van der Waals surface area contributed by atoms with Crippen molar-refractivity contribution in [3.8, 4) is 5.75 Å². The van der Waals surface area contributed by atoms with E-state index in [1.54, 1.807) is 37.6 Å². The second-order valence-electron chi connectivity index (χ2n) is 5.86. The minimum absolute atomic E-state index is 0.238.